The van der Waals surface area contributed by atoms with Crippen molar-refractivity contribution < 1.29 is 5.11 Å². The zero-order chi connectivity index (χ0) is 8.97. The quantitative estimate of drug-likeness (QED) is 0.692. The van der Waals surface area contributed by atoms with E-state index in [1.807, 2.05) is 0 Å². The molecule has 1 aliphatic carbocycles. The Morgan fingerprint density at radius 1 is 1.33 bits per heavy atom. The summed E-state index contributed by atoms with van der Waals surface area (Å²) in [5.41, 5.74) is 0. The van der Waals surface area contributed by atoms with Crippen LogP contribution in [-0.4, -0.2) is 36.8 Å². The lowest BCUT2D eigenvalue weighted by Crippen LogP contribution is -2.34. The summed E-state index contributed by atoms with van der Waals surface area (Å²) in [6.45, 7) is 0.333. The maximum Gasteiger partial charge on any atom is 0.0446 e. The zero-order valence-corrected chi connectivity index (χ0v) is 8.29. The molecule has 1 aliphatic rings. The lowest BCUT2D eigenvalue weighted by Gasteiger charge is -2.29. The van der Waals surface area contributed by atoms with E-state index < -0.39 is 0 Å². The van der Waals surface area contributed by atoms with Gasteiger partial charge in [0.2, 0.25) is 0 Å². The first-order valence-electron chi connectivity index (χ1n) is 5.03. The molecule has 1 unspecified atom stereocenters. The normalized spacial score (nSPS) is 22.0. The van der Waals surface area contributed by atoms with Crippen molar-refractivity contribution in [2.24, 2.45) is 5.92 Å². The van der Waals surface area contributed by atoms with E-state index in [-0.39, 0.29) is 0 Å². The van der Waals surface area contributed by atoms with Crippen molar-refractivity contribution in [1.29, 1.82) is 0 Å². The molecule has 1 fully saturated rings. The highest BCUT2D eigenvalue weighted by Crippen LogP contribution is 2.30. The van der Waals surface area contributed by atoms with Crippen LogP contribution in [0.1, 0.15) is 32.1 Å². The fourth-order valence-electron chi connectivity index (χ4n) is 2.39. The Hall–Kier alpha value is -0.0800. The maximum absolute atomic E-state index is 8.92. The molecule has 12 heavy (non-hydrogen) atoms. The van der Waals surface area contributed by atoms with Crippen LogP contribution < -0.4 is 0 Å². The second-order valence-electron chi connectivity index (χ2n) is 4.09. The highest BCUT2D eigenvalue weighted by Gasteiger charge is 2.25. The molecule has 0 heterocycles. The van der Waals surface area contributed by atoms with Crippen molar-refractivity contribution in [2.45, 2.75) is 38.1 Å². The smallest absolute Gasteiger partial charge is 0.0446 e. The van der Waals surface area contributed by atoms with Crippen molar-refractivity contribution >= 4 is 0 Å². The average molecular weight is 171 g/mol. The third kappa shape index (κ3) is 2.46. The predicted octanol–water partition coefficient (Wildman–Crippen LogP) is 1.49. The monoisotopic (exact) mass is 171 g/mol. The van der Waals surface area contributed by atoms with Gasteiger partial charge in [0.1, 0.15) is 0 Å². The number of rotatable bonds is 4. The van der Waals surface area contributed by atoms with Crippen LogP contribution in [0, 0.1) is 5.92 Å². The number of nitrogens with zero attached hydrogens (tertiary/aromatic N) is 1. The summed E-state index contributed by atoms with van der Waals surface area (Å²) in [5, 5.41) is 8.92. The summed E-state index contributed by atoms with van der Waals surface area (Å²) in [7, 11) is 4.25. The van der Waals surface area contributed by atoms with Crippen LogP contribution in [-0.2, 0) is 0 Å². The van der Waals surface area contributed by atoms with E-state index >= 15 is 0 Å². The van der Waals surface area contributed by atoms with E-state index in [2.05, 4.69) is 19.0 Å². The lowest BCUT2D eigenvalue weighted by atomic mass is 9.95. The van der Waals surface area contributed by atoms with Gasteiger partial charge in [-0.15, -0.1) is 0 Å². The van der Waals surface area contributed by atoms with Crippen LogP contribution in [0.5, 0.6) is 0 Å². The first kappa shape index (κ1) is 10.0. The second kappa shape index (κ2) is 4.83. The molecule has 0 spiro atoms. The fourth-order valence-corrected chi connectivity index (χ4v) is 2.39. The van der Waals surface area contributed by atoms with E-state index in [1.165, 1.54) is 25.7 Å². The second-order valence-corrected chi connectivity index (χ2v) is 4.09. The van der Waals surface area contributed by atoms with Gasteiger partial charge in [-0.3, -0.25) is 0 Å². The van der Waals surface area contributed by atoms with E-state index in [0.717, 1.165) is 12.3 Å². The average Bonchev–Trinajstić information content (AvgIpc) is 2.51. The Bertz CT molecular complexity index is 119. The topological polar surface area (TPSA) is 23.5 Å². The van der Waals surface area contributed by atoms with Gasteiger partial charge < -0.3 is 10.0 Å². The third-order valence-corrected chi connectivity index (χ3v) is 3.03. The molecule has 0 aromatic rings. The van der Waals surface area contributed by atoms with E-state index in [9.17, 15) is 0 Å². The van der Waals surface area contributed by atoms with Gasteiger partial charge in [-0.1, -0.05) is 12.8 Å². The summed E-state index contributed by atoms with van der Waals surface area (Å²) in [6.07, 6.45) is 6.45. The molecule has 72 valence electrons. The van der Waals surface area contributed by atoms with E-state index in [0.29, 0.717) is 12.6 Å². The highest BCUT2D eigenvalue weighted by molar-refractivity contribution is 4.80. The first-order valence-corrected chi connectivity index (χ1v) is 5.03. The van der Waals surface area contributed by atoms with Crippen LogP contribution in [0.15, 0.2) is 0 Å². The van der Waals surface area contributed by atoms with Crippen molar-refractivity contribution in [3.8, 4) is 0 Å². The van der Waals surface area contributed by atoms with Crippen LogP contribution >= 0.6 is 0 Å². The number of hydrogen-bond acceptors (Lipinski definition) is 2. The van der Waals surface area contributed by atoms with Gasteiger partial charge >= 0.3 is 0 Å². The van der Waals surface area contributed by atoms with Crippen LogP contribution in [0.2, 0.25) is 0 Å². The molecule has 0 bridgehead atoms. The molecule has 0 aromatic heterocycles. The Kier molecular flexibility index (Phi) is 4.02. The Balaban J connectivity index is 2.40. The van der Waals surface area contributed by atoms with Gasteiger partial charge in [0, 0.05) is 12.6 Å². The largest absolute Gasteiger partial charge is 0.396 e. The molecule has 2 heteroatoms. The minimum absolute atomic E-state index is 0.333. The SMILES string of the molecule is CN(C)C(CCO)C1CCCC1. The Morgan fingerprint density at radius 2 is 1.92 bits per heavy atom. The minimum atomic E-state index is 0.333. The van der Waals surface area contributed by atoms with Crippen molar-refractivity contribution in [3.63, 3.8) is 0 Å². The fraction of sp³-hybridized carbons (Fsp3) is 1.00. The van der Waals surface area contributed by atoms with Crippen LogP contribution in [0.25, 0.3) is 0 Å². The summed E-state index contributed by atoms with van der Waals surface area (Å²) < 4.78 is 0. The van der Waals surface area contributed by atoms with Crippen molar-refractivity contribution in [3.05, 3.63) is 0 Å². The first-order chi connectivity index (χ1) is 5.75. The zero-order valence-electron chi connectivity index (χ0n) is 8.29. The standard InChI is InChI=1S/C10H21NO/c1-11(2)10(7-8-12)9-5-3-4-6-9/h9-10,12H,3-8H2,1-2H3. The molecule has 1 atom stereocenters. The molecule has 1 saturated carbocycles. The number of aliphatic hydroxyl groups excluding tert-OH is 1. The van der Waals surface area contributed by atoms with E-state index in [1.54, 1.807) is 0 Å². The van der Waals surface area contributed by atoms with Crippen LogP contribution in [0.3, 0.4) is 0 Å². The van der Waals surface area contributed by atoms with Crippen molar-refractivity contribution in [2.75, 3.05) is 20.7 Å². The van der Waals surface area contributed by atoms with Gasteiger partial charge in [-0.05, 0) is 39.3 Å². The van der Waals surface area contributed by atoms with Gasteiger partial charge in [0.25, 0.3) is 0 Å². The summed E-state index contributed by atoms with van der Waals surface area (Å²) in [6, 6.07) is 0.609. The molecule has 0 radical (unpaired) electrons. The molecule has 0 aliphatic heterocycles. The molecule has 1 N–H and O–H groups in total. The summed E-state index contributed by atoms with van der Waals surface area (Å²) in [5.74, 6) is 0.840. The summed E-state index contributed by atoms with van der Waals surface area (Å²) >= 11 is 0. The molecule has 2 nitrogen and oxygen atoms in total. The number of aliphatic hydroxyl groups is 1. The maximum atomic E-state index is 8.92. The molecule has 0 amide bonds. The van der Waals surface area contributed by atoms with Gasteiger partial charge in [0.05, 0.1) is 0 Å². The molecule has 1 rings (SSSR count). The van der Waals surface area contributed by atoms with Gasteiger partial charge in [0.15, 0.2) is 0 Å². The van der Waals surface area contributed by atoms with Gasteiger partial charge in [-0.2, -0.15) is 0 Å². The molecular weight excluding hydrogens is 150 g/mol. The van der Waals surface area contributed by atoms with E-state index in [4.69, 9.17) is 5.11 Å². The summed E-state index contributed by atoms with van der Waals surface area (Å²) in [4.78, 5) is 2.27. The highest BCUT2D eigenvalue weighted by atomic mass is 16.3. The predicted molar refractivity (Wildman–Crippen MR) is 51.1 cm³/mol. The molecule has 0 aromatic carbocycles. The van der Waals surface area contributed by atoms with Gasteiger partial charge in [-0.25, -0.2) is 0 Å². The Morgan fingerprint density at radius 3 is 2.33 bits per heavy atom. The molecule has 0 saturated heterocycles. The number of hydrogen-bond donors (Lipinski definition) is 1. The molecular formula is C10H21NO. The minimum Gasteiger partial charge on any atom is -0.396 e. The van der Waals surface area contributed by atoms with Crippen LogP contribution in [0.4, 0.5) is 0 Å². The van der Waals surface area contributed by atoms with Crippen molar-refractivity contribution in [1.82, 2.24) is 4.90 Å². The Labute approximate surface area is 75.6 Å². The lowest BCUT2D eigenvalue weighted by molar-refractivity contribution is 0.160. The third-order valence-electron chi connectivity index (χ3n) is 3.03.